The molecule has 0 unspecified atom stereocenters. The molecule has 6 nitrogen and oxygen atoms in total. The number of rotatable bonds is 0. The summed E-state index contributed by atoms with van der Waals surface area (Å²) in [7, 11) is -3.96. The zero-order valence-electron chi connectivity index (χ0n) is 4.68. The van der Waals surface area contributed by atoms with Crippen LogP contribution >= 0.6 is 7.82 Å². The molecule has 0 aliphatic carbocycles. The smallest absolute Gasteiger partial charge is 0.312 e. The molecule has 8 heteroatoms. The maximum atomic E-state index is 10.9. The molecule has 0 amide bonds. The lowest BCUT2D eigenvalue weighted by molar-refractivity contribution is -0.233. The van der Waals surface area contributed by atoms with Gasteiger partial charge in [0.25, 0.3) is 5.69 Å². The van der Waals surface area contributed by atoms with E-state index in [0.29, 0.717) is 0 Å². The fourth-order valence-electron chi connectivity index (χ4n) is 1.10. The van der Waals surface area contributed by atoms with Crippen LogP contribution in [0.5, 0.6) is 0 Å². The van der Waals surface area contributed by atoms with Crippen LogP contribution in [0.15, 0.2) is 0 Å². The molecule has 4 aliphatic heterocycles. The number of hydrogen-bond donors (Lipinski definition) is 0. The van der Waals surface area contributed by atoms with Gasteiger partial charge in [0.15, 0.2) is 0 Å². The summed E-state index contributed by atoms with van der Waals surface area (Å²) in [5.41, 5.74) is -1.02. The van der Waals surface area contributed by atoms with E-state index in [2.05, 4.69) is 9.69 Å². The van der Waals surface area contributed by atoms with Gasteiger partial charge >= 0.3 is 14.9 Å². The van der Waals surface area contributed by atoms with Crippen LogP contribution in [-0.2, 0) is 27.7 Å². The SMILES string of the molecule is O=P12OB3OOCC3(O1)O2. The third kappa shape index (κ3) is 0.450. The summed E-state index contributed by atoms with van der Waals surface area (Å²) in [6.45, 7) is 0.113. The molecule has 4 fully saturated rings. The summed E-state index contributed by atoms with van der Waals surface area (Å²) in [6, 6.07) is 0. The molecule has 0 atom stereocenters. The Bertz CT molecular complexity index is 222. The Kier molecular flexibility index (Phi) is 0.764. The van der Waals surface area contributed by atoms with Gasteiger partial charge in [0.2, 0.25) is 0 Å². The predicted molar refractivity (Wildman–Crippen MR) is 26.4 cm³/mol. The minimum absolute atomic E-state index is 0.113. The molecule has 0 aromatic carbocycles. The van der Waals surface area contributed by atoms with E-state index in [1.165, 1.54) is 0 Å². The fraction of sp³-hybridized carbons (Fsp3) is 1.00. The standard InChI is InChI=1S/C2H2BO6P/c4-10-6-2(7-10)1-5-8-3(2)9-10/h1H2. The molecule has 10 heavy (non-hydrogen) atoms. The second-order valence-corrected chi connectivity index (χ2v) is 3.71. The first-order valence-electron chi connectivity index (χ1n) is 2.71. The van der Waals surface area contributed by atoms with Crippen molar-refractivity contribution in [1.29, 1.82) is 0 Å². The Labute approximate surface area is 56.0 Å². The quantitative estimate of drug-likeness (QED) is 0.282. The van der Waals surface area contributed by atoms with Crippen LogP contribution in [0.1, 0.15) is 0 Å². The number of phosphoric acid groups is 1. The van der Waals surface area contributed by atoms with Gasteiger partial charge in [-0.2, -0.15) is 0 Å². The van der Waals surface area contributed by atoms with Crippen LogP contribution in [0.2, 0.25) is 0 Å². The van der Waals surface area contributed by atoms with Crippen LogP contribution in [0.3, 0.4) is 0 Å². The van der Waals surface area contributed by atoms with E-state index in [4.69, 9.17) is 13.5 Å². The lowest BCUT2D eigenvalue weighted by Gasteiger charge is -2.29. The molecule has 4 rings (SSSR count). The highest BCUT2D eigenvalue weighted by Gasteiger charge is 2.79. The molecule has 0 saturated carbocycles. The molecule has 0 aromatic heterocycles. The zero-order valence-corrected chi connectivity index (χ0v) is 5.58. The van der Waals surface area contributed by atoms with Gasteiger partial charge in [-0.25, -0.2) is 9.45 Å². The minimum Gasteiger partial charge on any atom is -0.312 e. The van der Waals surface area contributed by atoms with Crippen LogP contribution in [-0.4, -0.2) is 19.4 Å². The molecule has 4 heterocycles. The van der Waals surface area contributed by atoms with Crippen LogP contribution in [0.25, 0.3) is 0 Å². The molecule has 4 saturated heterocycles. The second-order valence-electron chi connectivity index (χ2n) is 2.24. The van der Waals surface area contributed by atoms with Gasteiger partial charge in [0.1, 0.15) is 6.61 Å². The van der Waals surface area contributed by atoms with E-state index < -0.39 is 20.6 Å². The van der Waals surface area contributed by atoms with Crippen molar-refractivity contribution < 1.29 is 27.7 Å². The van der Waals surface area contributed by atoms with Gasteiger partial charge in [0, 0.05) is 0 Å². The summed E-state index contributed by atoms with van der Waals surface area (Å²) >= 11 is 0. The van der Waals surface area contributed by atoms with Gasteiger partial charge in [-0.05, 0) is 0 Å². The maximum Gasteiger partial charge on any atom is 0.563 e. The van der Waals surface area contributed by atoms with E-state index in [9.17, 15) is 4.57 Å². The normalized spacial score (nSPS) is 56.6. The van der Waals surface area contributed by atoms with Crippen LogP contribution in [0.4, 0.5) is 0 Å². The average Bonchev–Trinajstić information content (AvgIpc) is 2.20. The molecule has 0 N–H and O–H groups in total. The minimum atomic E-state index is -3.19. The summed E-state index contributed by atoms with van der Waals surface area (Å²) < 4.78 is 25.2. The summed E-state index contributed by atoms with van der Waals surface area (Å²) in [5.74, 6) is 0. The van der Waals surface area contributed by atoms with Gasteiger partial charge in [0.05, 0.1) is 0 Å². The topological polar surface area (TPSA) is 63.2 Å². The molecular weight excluding hydrogens is 162 g/mol. The fourth-order valence-corrected chi connectivity index (χ4v) is 2.67. The maximum absolute atomic E-state index is 10.9. The predicted octanol–water partition coefficient (Wildman–Crippen LogP) is -0.143. The molecule has 1 spiro atoms. The van der Waals surface area contributed by atoms with Gasteiger partial charge < -0.3 is 4.44 Å². The first-order chi connectivity index (χ1) is 4.73. The molecule has 0 radical (unpaired) electrons. The Morgan fingerprint density at radius 1 is 1.50 bits per heavy atom. The number of hydrogen-bond acceptors (Lipinski definition) is 6. The Balaban J connectivity index is 2.05. The first-order valence-corrected chi connectivity index (χ1v) is 4.17. The highest BCUT2D eigenvalue weighted by molar-refractivity contribution is 7.53. The van der Waals surface area contributed by atoms with E-state index >= 15 is 0 Å². The van der Waals surface area contributed by atoms with Crippen molar-refractivity contribution >= 4 is 14.9 Å². The van der Waals surface area contributed by atoms with Crippen molar-refractivity contribution in [2.45, 2.75) is 5.69 Å². The molecule has 2 bridgehead atoms. The highest BCUT2D eigenvalue weighted by Crippen LogP contribution is 2.74. The molecule has 4 aliphatic rings. The van der Waals surface area contributed by atoms with E-state index in [1.807, 2.05) is 0 Å². The van der Waals surface area contributed by atoms with Crippen molar-refractivity contribution in [2.75, 3.05) is 6.61 Å². The van der Waals surface area contributed by atoms with Gasteiger partial charge in [-0.1, -0.05) is 0 Å². The average molecular weight is 164 g/mol. The third-order valence-corrected chi connectivity index (χ3v) is 3.05. The van der Waals surface area contributed by atoms with Gasteiger partial charge in [-0.15, -0.1) is 0 Å². The van der Waals surface area contributed by atoms with Crippen LogP contribution in [0, 0.1) is 0 Å². The Morgan fingerprint density at radius 3 is 3.00 bits per heavy atom. The summed E-state index contributed by atoms with van der Waals surface area (Å²) in [4.78, 5) is 9.04. The lowest BCUT2D eigenvalue weighted by Crippen LogP contribution is -2.45. The van der Waals surface area contributed by atoms with Crippen molar-refractivity contribution in [2.24, 2.45) is 0 Å². The van der Waals surface area contributed by atoms with Crippen molar-refractivity contribution in [3.63, 3.8) is 0 Å². The van der Waals surface area contributed by atoms with E-state index in [-0.39, 0.29) is 6.61 Å². The monoisotopic (exact) mass is 164 g/mol. The Morgan fingerprint density at radius 2 is 2.30 bits per heavy atom. The zero-order chi connectivity index (χ0) is 6.82. The summed E-state index contributed by atoms with van der Waals surface area (Å²) in [6.07, 6.45) is 0. The third-order valence-electron chi connectivity index (χ3n) is 1.53. The van der Waals surface area contributed by atoms with Crippen molar-refractivity contribution in [3.8, 4) is 0 Å². The molecular formula is C2H2BO6P. The van der Waals surface area contributed by atoms with E-state index in [0.717, 1.165) is 0 Å². The Hall–Kier alpha value is 0.0949. The number of phosphoric ester groups is 1. The summed E-state index contributed by atoms with van der Waals surface area (Å²) in [5, 5.41) is 0. The molecule has 0 aromatic rings. The molecule has 54 valence electrons. The van der Waals surface area contributed by atoms with Gasteiger partial charge in [-0.3, -0.25) is 13.9 Å². The first kappa shape index (κ1) is 5.71. The lowest BCUT2D eigenvalue weighted by atomic mass is 9.79. The van der Waals surface area contributed by atoms with Crippen molar-refractivity contribution in [3.05, 3.63) is 0 Å². The van der Waals surface area contributed by atoms with Crippen LogP contribution < -0.4 is 0 Å². The van der Waals surface area contributed by atoms with E-state index in [1.54, 1.807) is 0 Å². The second kappa shape index (κ2) is 1.34. The largest absolute Gasteiger partial charge is 0.563 e. The van der Waals surface area contributed by atoms with Crippen molar-refractivity contribution in [1.82, 2.24) is 0 Å². The highest BCUT2D eigenvalue weighted by atomic mass is 31.2.